The summed E-state index contributed by atoms with van der Waals surface area (Å²) < 4.78 is 5.39. The van der Waals surface area contributed by atoms with Crippen molar-refractivity contribution in [3.05, 3.63) is 0 Å². The molecule has 0 bridgehead atoms. The lowest BCUT2D eigenvalue weighted by molar-refractivity contribution is 0.0371. The average molecular weight is 390 g/mol. The lowest BCUT2D eigenvalue weighted by atomic mass is 10.0. The van der Waals surface area contributed by atoms with E-state index in [1.165, 1.54) is 116 Å². The molecule has 0 aromatic heterocycles. The van der Waals surface area contributed by atoms with Gasteiger partial charge in [-0.05, 0) is 13.0 Å². The fraction of sp³-hybridized carbons (Fsp3) is 1.00. The van der Waals surface area contributed by atoms with Crippen molar-refractivity contribution in [1.29, 1.82) is 0 Å². The molecule has 0 N–H and O–H groups in total. The summed E-state index contributed by atoms with van der Waals surface area (Å²) in [6, 6.07) is 0. The van der Waals surface area contributed by atoms with E-state index in [0.29, 0.717) is 0 Å². The zero-order chi connectivity index (χ0) is 17.8. The van der Waals surface area contributed by atoms with Crippen molar-refractivity contribution < 1.29 is 4.74 Å². The Morgan fingerprint density at radius 3 is 1.27 bits per heavy atom. The number of nitrogens with zero attached hydrogens (tertiary/aromatic N) is 1. The maximum atomic E-state index is 5.39. The maximum absolute atomic E-state index is 5.39. The van der Waals surface area contributed by atoms with Crippen LogP contribution in [-0.4, -0.2) is 37.7 Å². The Hall–Kier alpha value is 0.210. The molecular formula is C23H48ClNO. The van der Waals surface area contributed by atoms with Gasteiger partial charge in [-0.1, -0.05) is 110 Å². The molecule has 0 saturated carbocycles. The Morgan fingerprint density at radius 1 is 0.538 bits per heavy atom. The third-order valence-corrected chi connectivity index (χ3v) is 5.68. The van der Waals surface area contributed by atoms with E-state index >= 15 is 0 Å². The molecule has 1 fully saturated rings. The average Bonchev–Trinajstić information content (AvgIpc) is 2.65. The number of ether oxygens (including phenoxy) is 1. The molecule has 0 spiro atoms. The Labute approximate surface area is 171 Å². The molecule has 0 aliphatic carbocycles. The number of morpholine rings is 1. The molecule has 2 nitrogen and oxygen atoms in total. The SMILES string of the molecule is CCCCCCCCCCCCCCCCCCCN1CCOCC1.Cl. The van der Waals surface area contributed by atoms with Crippen LogP contribution in [0.3, 0.4) is 0 Å². The third-order valence-electron chi connectivity index (χ3n) is 5.68. The van der Waals surface area contributed by atoms with E-state index in [4.69, 9.17) is 4.74 Å². The number of hydrogen-bond acceptors (Lipinski definition) is 2. The van der Waals surface area contributed by atoms with Crippen LogP contribution in [0.25, 0.3) is 0 Å². The van der Waals surface area contributed by atoms with E-state index < -0.39 is 0 Å². The summed E-state index contributed by atoms with van der Waals surface area (Å²) in [6.07, 6.45) is 24.8. The van der Waals surface area contributed by atoms with E-state index in [1.54, 1.807) is 0 Å². The summed E-state index contributed by atoms with van der Waals surface area (Å²) in [4.78, 5) is 2.56. The van der Waals surface area contributed by atoms with E-state index in [0.717, 1.165) is 26.3 Å². The number of unbranched alkanes of at least 4 members (excludes halogenated alkanes) is 16. The monoisotopic (exact) mass is 389 g/mol. The fourth-order valence-corrected chi connectivity index (χ4v) is 3.89. The first kappa shape index (κ1) is 26.2. The largest absolute Gasteiger partial charge is 0.379 e. The summed E-state index contributed by atoms with van der Waals surface area (Å²) in [5, 5.41) is 0. The van der Waals surface area contributed by atoms with Crippen LogP contribution in [0, 0.1) is 0 Å². The second-order valence-electron chi connectivity index (χ2n) is 8.11. The van der Waals surface area contributed by atoms with Crippen LogP contribution in [0.2, 0.25) is 0 Å². The summed E-state index contributed by atoms with van der Waals surface area (Å²) in [5.41, 5.74) is 0. The Balaban J connectivity index is 0.00000625. The number of halogens is 1. The summed E-state index contributed by atoms with van der Waals surface area (Å²) in [5.74, 6) is 0. The minimum absolute atomic E-state index is 0. The van der Waals surface area contributed by atoms with Gasteiger partial charge in [0.2, 0.25) is 0 Å². The summed E-state index contributed by atoms with van der Waals surface area (Å²) >= 11 is 0. The predicted octanol–water partition coefficient (Wildman–Crippen LogP) is 7.39. The molecule has 0 unspecified atom stereocenters. The van der Waals surface area contributed by atoms with Gasteiger partial charge in [0.05, 0.1) is 13.2 Å². The molecule has 1 aliphatic rings. The topological polar surface area (TPSA) is 12.5 Å². The van der Waals surface area contributed by atoms with Gasteiger partial charge in [0, 0.05) is 13.1 Å². The summed E-state index contributed by atoms with van der Waals surface area (Å²) in [6.45, 7) is 7.78. The molecule has 0 amide bonds. The van der Waals surface area contributed by atoms with Crippen LogP contribution in [0.1, 0.15) is 116 Å². The van der Waals surface area contributed by atoms with E-state index in [1.807, 2.05) is 0 Å². The van der Waals surface area contributed by atoms with Crippen molar-refractivity contribution in [3.8, 4) is 0 Å². The van der Waals surface area contributed by atoms with Gasteiger partial charge in [0.25, 0.3) is 0 Å². The van der Waals surface area contributed by atoms with Crippen LogP contribution in [0.4, 0.5) is 0 Å². The van der Waals surface area contributed by atoms with E-state index in [-0.39, 0.29) is 12.4 Å². The fourth-order valence-electron chi connectivity index (χ4n) is 3.89. The molecule has 1 heterocycles. The molecule has 1 rings (SSSR count). The third kappa shape index (κ3) is 17.6. The molecule has 158 valence electrons. The lowest BCUT2D eigenvalue weighted by Crippen LogP contribution is -2.36. The van der Waals surface area contributed by atoms with E-state index in [9.17, 15) is 0 Å². The maximum Gasteiger partial charge on any atom is 0.0594 e. The zero-order valence-electron chi connectivity index (χ0n) is 17.8. The highest BCUT2D eigenvalue weighted by Crippen LogP contribution is 2.14. The van der Waals surface area contributed by atoms with Crippen molar-refractivity contribution in [1.82, 2.24) is 4.90 Å². The molecule has 1 saturated heterocycles. The normalized spacial score (nSPS) is 15.1. The molecule has 0 atom stereocenters. The first-order valence-corrected chi connectivity index (χ1v) is 11.7. The number of hydrogen-bond donors (Lipinski definition) is 0. The zero-order valence-corrected chi connectivity index (χ0v) is 18.6. The molecule has 0 aromatic carbocycles. The smallest absolute Gasteiger partial charge is 0.0594 e. The van der Waals surface area contributed by atoms with Crippen molar-refractivity contribution in [2.45, 2.75) is 116 Å². The quantitative estimate of drug-likeness (QED) is 0.226. The Morgan fingerprint density at radius 2 is 0.885 bits per heavy atom. The molecule has 0 radical (unpaired) electrons. The Bertz CT molecular complexity index is 257. The van der Waals surface area contributed by atoms with Crippen molar-refractivity contribution >= 4 is 12.4 Å². The highest BCUT2D eigenvalue weighted by Gasteiger charge is 2.08. The van der Waals surface area contributed by atoms with Crippen LogP contribution in [0.15, 0.2) is 0 Å². The number of rotatable bonds is 18. The highest BCUT2D eigenvalue weighted by molar-refractivity contribution is 5.85. The first-order chi connectivity index (χ1) is 12.4. The van der Waals surface area contributed by atoms with Crippen LogP contribution in [0.5, 0.6) is 0 Å². The van der Waals surface area contributed by atoms with Crippen molar-refractivity contribution in [2.75, 3.05) is 32.8 Å². The highest BCUT2D eigenvalue weighted by atomic mass is 35.5. The van der Waals surface area contributed by atoms with Crippen LogP contribution in [-0.2, 0) is 4.74 Å². The first-order valence-electron chi connectivity index (χ1n) is 11.7. The van der Waals surface area contributed by atoms with Crippen LogP contribution < -0.4 is 0 Å². The Kier molecular flexibility index (Phi) is 21.7. The standard InChI is InChI=1S/C23H47NO.ClH/c1-2-3-4-5-6-7-8-9-10-11-12-13-14-15-16-17-18-19-24-20-22-25-23-21-24;/h2-23H2,1H3;1H. The van der Waals surface area contributed by atoms with Gasteiger partial charge in [0.15, 0.2) is 0 Å². The van der Waals surface area contributed by atoms with Crippen molar-refractivity contribution in [3.63, 3.8) is 0 Å². The molecular weight excluding hydrogens is 342 g/mol. The van der Waals surface area contributed by atoms with Gasteiger partial charge in [-0.15, -0.1) is 12.4 Å². The van der Waals surface area contributed by atoms with Crippen LogP contribution >= 0.6 is 12.4 Å². The second kappa shape index (κ2) is 21.5. The molecule has 3 heteroatoms. The van der Waals surface area contributed by atoms with Gasteiger partial charge < -0.3 is 4.74 Å². The van der Waals surface area contributed by atoms with E-state index in [2.05, 4.69) is 11.8 Å². The van der Waals surface area contributed by atoms with Crippen molar-refractivity contribution in [2.24, 2.45) is 0 Å². The summed E-state index contributed by atoms with van der Waals surface area (Å²) in [7, 11) is 0. The minimum atomic E-state index is 0. The minimum Gasteiger partial charge on any atom is -0.379 e. The second-order valence-corrected chi connectivity index (χ2v) is 8.11. The van der Waals surface area contributed by atoms with Gasteiger partial charge in [0.1, 0.15) is 0 Å². The van der Waals surface area contributed by atoms with Gasteiger partial charge in [-0.25, -0.2) is 0 Å². The predicted molar refractivity (Wildman–Crippen MR) is 119 cm³/mol. The molecule has 0 aromatic rings. The van der Waals surface area contributed by atoms with Gasteiger partial charge in [-0.2, -0.15) is 0 Å². The van der Waals surface area contributed by atoms with Gasteiger partial charge >= 0.3 is 0 Å². The lowest BCUT2D eigenvalue weighted by Gasteiger charge is -2.26. The molecule has 26 heavy (non-hydrogen) atoms. The molecule has 1 aliphatic heterocycles. The van der Waals surface area contributed by atoms with Gasteiger partial charge in [-0.3, -0.25) is 4.90 Å².